The van der Waals surface area contributed by atoms with Crippen molar-refractivity contribution in [1.29, 1.82) is 0 Å². The topological polar surface area (TPSA) is 76.7 Å². The van der Waals surface area contributed by atoms with Crippen molar-refractivity contribution in [2.24, 2.45) is 10.8 Å². The van der Waals surface area contributed by atoms with Gasteiger partial charge in [0, 0.05) is 0 Å². The average molecular weight is 305 g/mol. The maximum Gasteiger partial charge on any atom is 0.353 e. The second kappa shape index (κ2) is 6.78. The molecule has 3 N–H and O–H groups in total. The van der Waals surface area contributed by atoms with Crippen LogP contribution in [0, 0.1) is 0 Å². The first-order valence-corrected chi connectivity index (χ1v) is 6.88. The molecule has 0 radical (unpaired) electrons. The van der Waals surface area contributed by atoms with E-state index in [2.05, 4.69) is 22.7 Å². The third-order valence-electron chi connectivity index (χ3n) is 2.20. The average Bonchev–Trinajstić information content (AvgIpc) is 2.94. The largest absolute Gasteiger partial charge is 0.422 e. The molecule has 102 valence electrons. The Balaban J connectivity index is 1.96. The van der Waals surface area contributed by atoms with Crippen LogP contribution in [0.15, 0.2) is 46.9 Å². The summed E-state index contributed by atoms with van der Waals surface area (Å²) < 4.78 is 5.23. The number of thiocarbonyl (C=S) groups is 1. The molecule has 0 saturated heterocycles. The minimum Gasteiger partial charge on any atom is -0.422 e. The zero-order valence-corrected chi connectivity index (χ0v) is 11.9. The molecule has 0 aliphatic carbocycles. The maximum absolute atomic E-state index is 11.7. The fourth-order valence-electron chi connectivity index (χ4n) is 1.34. The minimum absolute atomic E-state index is 0.0998. The number of nitrogens with zero attached hydrogens (tertiary/aromatic N) is 1. The highest BCUT2D eigenvalue weighted by Crippen LogP contribution is 2.16. The fraction of sp³-hybridized carbons (Fsp3) is 0. The molecule has 0 aliphatic heterocycles. The smallest absolute Gasteiger partial charge is 0.353 e. The van der Waals surface area contributed by atoms with Crippen LogP contribution >= 0.6 is 23.6 Å². The van der Waals surface area contributed by atoms with Crippen molar-refractivity contribution in [1.82, 2.24) is 5.43 Å². The summed E-state index contributed by atoms with van der Waals surface area (Å²) in [4.78, 5) is 12.3. The number of hydrogen-bond donors (Lipinski definition) is 2. The quantitative estimate of drug-likeness (QED) is 0.297. The van der Waals surface area contributed by atoms with Gasteiger partial charge in [0.1, 0.15) is 10.6 Å². The van der Waals surface area contributed by atoms with Gasteiger partial charge in [-0.15, -0.1) is 11.3 Å². The van der Waals surface area contributed by atoms with Gasteiger partial charge in [-0.05, 0) is 53.5 Å². The molecule has 0 fully saturated rings. The summed E-state index contributed by atoms with van der Waals surface area (Å²) in [6.07, 6.45) is 1.56. The molecule has 0 saturated carbocycles. The molecule has 1 aromatic carbocycles. The molecule has 2 aromatic rings. The number of rotatable bonds is 4. The molecular weight excluding hydrogens is 294 g/mol. The number of nitrogens with one attached hydrogen (secondary N) is 1. The lowest BCUT2D eigenvalue weighted by molar-refractivity contribution is 0.0740. The number of esters is 1. The number of nitrogens with two attached hydrogens (primary N) is 1. The molecule has 0 amide bonds. The summed E-state index contributed by atoms with van der Waals surface area (Å²) in [7, 11) is 0. The fourth-order valence-corrected chi connectivity index (χ4v) is 2.00. The number of benzene rings is 1. The highest BCUT2D eigenvalue weighted by Gasteiger charge is 2.08. The summed E-state index contributed by atoms with van der Waals surface area (Å²) in [6, 6.07) is 10.4. The van der Waals surface area contributed by atoms with E-state index in [-0.39, 0.29) is 11.1 Å². The molecule has 0 bridgehead atoms. The van der Waals surface area contributed by atoms with Crippen molar-refractivity contribution in [3.8, 4) is 5.75 Å². The number of hydrazone groups is 1. The molecule has 20 heavy (non-hydrogen) atoms. The van der Waals surface area contributed by atoms with Crippen LogP contribution < -0.4 is 15.9 Å². The summed E-state index contributed by atoms with van der Waals surface area (Å²) in [5.74, 6) is 0.111. The van der Waals surface area contributed by atoms with Crippen LogP contribution in [-0.4, -0.2) is 17.3 Å². The molecule has 0 aliphatic rings. The first kappa shape index (κ1) is 14.2. The van der Waals surface area contributed by atoms with Gasteiger partial charge in [0.2, 0.25) is 0 Å². The number of thiophene rings is 1. The van der Waals surface area contributed by atoms with Gasteiger partial charge in [-0.3, -0.25) is 5.43 Å². The molecule has 0 spiro atoms. The Kier molecular flexibility index (Phi) is 4.80. The van der Waals surface area contributed by atoms with Crippen LogP contribution in [0.5, 0.6) is 5.75 Å². The van der Waals surface area contributed by atoms with E-state index in [4.69, 9.17) is 10.5 Å². The third-order valence-corrected chi connectivity index (χ3v) is 3.14. The molecule has 0 unspecified atom stereocenters. The number of ether oxygens (including phenoxy) is 1. The Morgan fingerprint density at radius 1 is 1.35 bits per heavy atom. The van der Waals surface area contributed by atoms with Crippen molar-refractivity contribution in [3.63, 3.8) is 0 Å². The number of carbonyl (C=O) groups is 1. The van der Waals surface area contributed by atoms with Gasteiger partial charge in [-0.1, -0.05) is 6.07 Å². The second-order valence-corrected chi connectivity index (χ2v) is 5.06. The maximum atomic E-state index is 11.7. The molecule has 7 heteroatoms. The van der Waals surface area contributed by atoms with E-state index in [0.29, 0.717) is 10.6 Å². The summed E-state index contributed by atoms with van der Waals surface area (Å²) in [5.41, 5.74) is 8.51. The summed E-state index contributed by atoms with van der Waals surface area (Å²) in [5, 5.41) is 5.75. The first-order chi connectivity index (χ1) is 9.65. The Morgan fingerprint density at radius 3 is 2.70 bits per heavy atom. The third kappa shape index (κ3) is 4.15. The van der Waals surface area contributed by atoms with Crippen LogP contribution in [0.25, 0.3) is 0 Å². The lowest BCUT2D eigenvalue weighted by Crippen LogP contribution is -2.23. The van der Waals surface area contributed by atoms with Gasteiger partial charge in [0.15, 0.2) is 5.11 Å². The molecular formula is C13H11N3O2S2. The van der Waals surface area contributed by atoms with Crippen molar-refractivity contribution in [2.75, 3.05) is 0 Å². The van der Waals surface area contributed by atoms with E-state index in [1.54, 1.807) is 42.6 Å². The predicted octanol–water partition coefficient (Wildman–Crippen LogP) is 2.13. The minimum atomic E-state index is -0.364. The zero-order chi connectivity index (χ0) is 14.4. The van der Waals surface area contributed by atoms with Crippen molar-refractivity contribution in [2.45, 2.75) is 0 Å². The Morgan fingerprint density at radius 2 is 2.10 bits per heavy atom. The normalized spacial score (nSPS) is 10.4. The van der Waals surface area contributed by atoms with Gasteiger partial charge in [-0.2, -0.15) is 5.10 Å². The van der Waals surface area contributed by atoms with Crippen molar-refractivity contribution in [3.05, 3.63) is 52.2 Å². The van der Waals surface area contributed by atoms with E-state index < -0.39 is 0 Å². The van der Waals surface area contributed by atoms with E-state index in [1.165, 1.54) is 11.3 Å². The molecule has 0 atom stereocenters. The second-order valence-electron chi connectivity index (χ2n) is 3.67. The molecule has 5 nitrogen and oxygen atoms in total. The van der Waals surface area contributed by atoms with Crippen molar-refractivity contribution < 1.29 is 9.53 Å². The van der Waals surface area contributed by atoms with Gasteiger partial charge in [0.05, 0.1) is 6.21 Å². The van der Waals surface area contributed by atoms with Gasteiger partial charge in [-0.25, -0.2) is 4.79 Å². The van der Waals surface area contributed by atoms with E-state index in [1.807, 2.05) is 5.38 Å². The van der Waals surface area contributed by atoms with Gasteiger partial charge < -0.3 is 10.5 Å². The Labute approximate surface area is 125 Å². The van der Waals surface area contributed by atoms with Crippen molar-refractivity contribution >= 4 is 40.9 Å². The molecule has 2 rings (SSSR count). The van der Waals surface area contributed by atoms with E-state index in [9.17, 15) is 4.79 Å². The van der Waals surface area contributed by atoms with Crippen LogP contribution in [-0.2, 0) is 0 Å². The lowest BCUT2D eigenvalue weighted by Gasteiger charge is -2.02. The summed E-state index contributed by atoms with van der Waals surface area (Å²) in [6.45, 7) is 0. The lowest BCUT2D eigenvalue weighted by atomic mass is 10.2. The predicted molar refractivity (Wildman–Crippen MR) is 83.2 cm³/mol. The van der Waals surface area contributed by atoms with Gasteiger partial charge >= 0.3 is 5.97 Å². The monoisotopic (exact) mass is 305 g/mol. The highest BCUT2D eigenvalue weighted by atomic mass is 32.1. The zero-order valence-electron chi connectivity index (χ0n) is 10.3. The summed E-state index contributed by atoms with van der Waals surface area (Å²) >= 11 is 5.95. The first-order valence-electron chi connectivity index (χ1n) is 5.59. The van der Waals surface area contributed by atoms with E-state index >= 15 is 0 Å². The molecule has 1 heterocycles. The standard InChI is InChI=1S/C13H11N3O2S2/c14-13(19)16-15-8-9-3-5-10(6-4-9)18-12(17)11-2-1-7-20-11/h1-8H,(H3,14,16,19). The Bertz CT molecular complexity index is 622. The SMILES string of the molecule is NC(=S)NN=Cc1ccc(OC(=O)c2cccs2)cc1. The van der Waals surface area contributed by atoms with Gasteiger partial charge in [0.25, 0.3) is 0 Å². The number of hydrogen-bond acceptors (Lipinski definition) is 5. The number of carbonyl (C=O) groups excluding carboxylic acids is 1. The van der Waals surface area contributed by atoms with Crippen LogP contribution in [0.3, 0.4) is 0 Å². The Hall–Kier alpha value is -2.25. The highest BCUT2D eigenvalue weighted by molar-refractivity contribution is 7.80. The van der Waals surface area contributed by atoms with Crippen LogP contribution in [0.4, 0.5) is 0 Å². The van der Waals surface area contributed by atoms with Crippen LogP contribution in [0.1, 0.15) is 15.2 Å². The van der Waals surface area contributed by atoms with Crippen LogP contribution in [0.2, 0.25) is 0 Å². The van der Waals surface area contributed by atoms with E-state index in [0.717, 1.165) is 5.56 Å². The molecule has 1 aromatic heterocycles.